The van der Waals surface area contributed by atoms with Crippen LogP contribution in [0.5, 0.6) is 0 Å². The second-order valence-corrected chi connectivity index (χ2v) is 26.0. The van der Waals surface area contributed by atoms with Crippen molar-refractivity contribution in [3.05, 3.63) is 320 Å². The van der Waals surface area contributed by atoms with Gasteiger partial charge in [0, 0.05) is 60.4 Å². The number of fused-ring (bicyclic) bond motifs is 12. The summed E-state index contributed by atoms with van der Waals surface area (Å²) in [6, 6.07) is 109. The largest absolute Gasteiger partial charge is 0.309 e. The Balaban J connectivity index is 0.756. The summed E-state index contributed by atoms with van der Waals surface area (Å²) in [4.78, 5) is 16.3. The monoisotopic (exact) mass is 1180 g/mol. The zero-order valence-electron chi connectivity index (χ0n) is 51.5. The molecule has 0 bridgehead atoms. The Morgan fingerprint density at radius 1 is 0.217 bits per heavy atom. The summed E-state index contributed by atoms with van der Waals surface area (Å²) in [7, 11) is 0. The Hall–Kier alpha value is -11.5. The number of nitrogens with zero attached hydrogens (tertiary/aromatic N) is 5. The lowest BCUT2D eigenvalue weighted by molar-refractivity contribution is 0.660. The smallest absolute Gasteiger partial charge is 0.164 e. The van der Waals surface area contributed by atoms with Gasteiger partial charge in [-0.1, -0.05) is 240 Å². The van der Waals surface area contributed by atoms with E-state index < -0.39 is 0 Å². The maximum Gasteiger partial charge on any atom is 0.164 e. The standard InChI is InChI=1S/C87H61N5/c1-86(2)75-34-12-8-30-67(75)69-42-38-60(52-77(69)86)58-40-44-81-73(50-58)71-32-10-14-36-79(71)91(81)65-28-18-26-63(48-65)84-88-83(62-25-17-24-57(47-62)56-23-16-22-55(46-56)54-20-6-5-7-21-54)89-85(90-84)64-27-19-29-66(49-64)92-80-37-15-11-33-72(80)74-51-59(41-45-82(74)92)61-39-43-70-68-31-9-13-35-76(68)87(3,4)78(70)53-61/h5-53H,1-4H3. The first kappa shape index (κ1) is 53.5. The van der Waals surface area contributed by atoms with Crippen LogP contribution in [0.25, 0.3) is 156 Å². The van der Waals surface area contributed by atoms with Gasteiger partial charge in [0.1, 0.15) is 0 Å². The number of para-hydroxylation sites is 2. The van der Waals surface area contributed by atoms with Crippen LogP contribution >= 0.6 is 0 Å². The highest BCUT2D eigenvalue weighted by Crippen LogP contribution is 2.52. The van der Waals surface area contributed by atoms with Crippen LogP contribution in [0.4, 0.5) is 0 Å². The molecule has 2 aliphatic carbocycles. The van der Waals surface area contributed by atoms with Crippen molar-refractivity contribution in [1.82, 2.24) is 24.1 Å². The number of aromatic nitrogens is 5. The second-order valence-electron chi connectivity index (χ2n) is 26.0. The van der Waals surface area contributed by atoms with Crippen LogP contribution < -0.4 is 0 Å². The Bertz CT molecular complexity index is 5430. The first-order valence-electron chi connectivity index (χ1n) is 31.9. The fraction of sp³-hybridized carbons (Fsp3) is 0.0690. The van der Waals surface area contributed by atoms with Gasteiger partial charge in [-0.3, -0.25) is 0 Å². The molecule has 0 atom stereocenters. The molecule has 0 radical (unpaired) electrons. The lowest BCUT2D eigenvalue weighted by Gasteiger charge is -2.22. The fourth-order valence-corrected chi connectivity index (χ4v) is 15.3. The van der Waals surface area contributed by atoms with Crippen molar-refractivity contribution in [3.63, 3.8) is 0 Å². The van der Waals surface area contributed by atoms with E-state index in [1.54, 1.807) is 0 Å². The zero-order valence-corrected chi connectivity index (χ0v) is 51.5. The summed E-state index contributed by atoms with van der Waals surface area (Å²) in [6.45, 7) is 9.41. The molecule has 0 fully saturated rings. The Labute approximate surface area is 534 Å². The lowest BCUT2D eigenvalue weighted by Crippen LogP contribution is -2.14. The van der Waals surface area contributed by atoms with Crippen LogP contribution in [0, 0.1) is 0 Å². The molecular weight excluding hydrogens is 1110 g/mol. The highest BCUT2D eigenvalue weighted by molar-refractivity contribution is 6.12. The van der Waals surface area contributed by atoms with Crippen molar-refractivity contribution >= 4 is 43.6 Å². The average Bonchev–Trinajstić information content (AvgIpc) is 1.63. The van der Waals surface area contributed by atoms with Crippen molar-refractivity contribution in [1.29, 1.82) is 0 Å². The van der Waals surface area contributed by atoms with Gasteiger partial charge < -0.3 is 9.13 Å². The third-order valence-electron chi connectivity index (χ3n) is 20.0. The minimum atomic E-state index is -0.0905. The van der Waals surface area contributed by atoms with Crippen LogP contribution in [0.15, 0.2) is 297 Å². The summed E-state index contributed by atoms with van der Waals surface area (Å²) in [6.07, 6.45) is 0. The van der Waals surface area contributed by atoms with Crippen molar-refractivity contribution in [2.24, 2.45) is 0 Å². The summed E-state index contributed by atoms with van der Waals surface area (Å²) in [5.74, 6) is 1.76. The second kappa shape index (κ2) is 20.5. The molecule has 13 aromatic carbocycles. The normalized spacial score (nSPS) is 13.4. The molecule has 0 aliphatic heterocycles. The van der Waals surface area contributed by atoms with Crippen LogP contribution in [0.3, 0.4) is 0 Å². The quantitative estimate of drug-likeness (QED) is 0.145. The van der Waals surface area contributed by atoms with Crippen molar-refractivity contribution in [2.75, 3.05) is 0 Å². The molecule has 0 amide bonds. The molecular formula is C87H61N5. The third kappa shape index (κ3) is 8.42. The van der Waals surface area contributed by atoms with Gasteiger partial charge in [0.2, 0.25) is 0 Å². The van der Waals surface area contributed by atoms with Gasteiger partial charge in [0.05, 0.1) is 22.1 Å². The van der Waals surface area contributed by atoms with Gasteiger partial charge in [-0.15, -0.1) is 0 Å². The molecule has 16 aromatic rings. The maximum atomic E-state index is 5.47. The zero-order chi connectivity index (χ0) is 61.4. The molecule has 3 heterocycles. The summed E-state index contributed by atoms with van der Waals surface area (Å²) >= 11 is 0. The van der Waals surface area contributed by atoms with Gasteiger partial charge in [-0.05, 0) is 174 Å². The Kier molecular flexibility index (Phi) is 11.9. The highest BCUT2D eigenvalue weighted by atomic mass is 15.0. The molecule has 18 rings (SSSR count). The molecule has 5 nitrogen and oxygen atoms in total. The Morgan fingerprint density at radius 3 is 1.03 bits per heavy atom. The van der Waals surface area contributed by atoms with E-state index in [0.29, 0.717) is 17.5 Å². The van der Waals surface area contributed by atoms with E-state index in [1.165, 1.54) is 93.9 Å². The SMILES string of the molecule is CC1(C)c2ccccc2-c2ccc(-c3ccc4c(c3)c3ccccc3n4-c3cccc(-c4nc(-c5cccc(-c6cccc(-c7ccccc7)c6)c5)nc(-c5cccc(-n6c7ccccc7c7cc(-c8ccc9c(c8)C(C)(C)c8ccccc8-9)ccc76)c5)n4)c3)cc21. The Morgan fingerprint density at radius 2 is 0.543 bits per heavy atom. The molecule has 0 spiro atoms. The molecule has 434 valence electrons. The van der Waals surface area contributed by atoms with Crippen molar-refractivity contribution < 1.29 is 0 Å². The molecule has 92 heavy (non-hydrogen) atoms. The van der Waals surface area contributed by atoms with Gasteiger partial charge in [-0.25, -0.2) is 15.0 Å². The van der Waals surface area contributed by atoms with Crippen LogP contribution in [-0.2, 0) is 10.8 Å². The first-order chi connectivity index (χ1) is 45.1. The molecule has 0 saturated heterocycles. The molecule has 3 aromatic heterocycles. The van der Waals surface area contributed by atoms with E-state index in [2.05, 4.69) is 334 Å². The summed E-state index contributed by atoms with van der Waals surface area (Å²) in [5.41, 5.74) is 29.2. The first-order valence-corrected chi connectivity index (χ1v) is 31.9. The average molecular weight is 1180 g/mol. The maximum absolute atomic E-state index is 5.47. The number of hydrogen-bond donors (Lipinski definition) is 0. The van der Waals surface area contributed by atoms with Crippen LogP contribution in [-0.4, -0.2) is 24.1 Å². The number of benzene rings is 13. The van der Waals surface area contributed by atoms with Crippen molar-refractivity contribution in [3.8, 4) is 112 Å². The fourth-order valence-electron chi connectivity index (χ4n) is 15.3. The van der Waals surface area contributed by atoms with Gasteiger partial charge in [0.15, 0.2) is 17.5 Å². The molecule has 0 unspecified atom stereocenters. The van der Waals surface area contributed by atoms with E-state index in [0.717, 1.165) is 66.8 Å². The van der Waals surface area contributed by atoms with E-state index in [9.17, 15) is 0 Å². The molecule has 0 saturated carbocycles. The van der Waals surface area contributed by atoms with E-state index in [4.69, 9.17) is 15.0 Å². The molecule has 5 heteroatoms. The third-order valence-corrected chi connectivity index (χ3v) is 20.0. The molecule has 2 aliphatic rings. The lowest BCUT2D eigenvalue weighted by atomic mass is 9.81. The predicted octanol–water partition coefficient (Wildman–Crippen LogP) is 22.3. The minimum absolute atomic E-state index is 0.0905. The topological polar surface area (TPSA) is 48.5 Å². The van der Waals surface area contributed by atoms with Gasteiger partial charge in [-0.2, -0.15) is 0 Å². The van der Waals surface area contributed by atoms with Crippen LogP contribution in [0.2, 0.25) is 0 Å². The van der Waals surface area contributed by atoms with Gasteiger partial charge >= 0.3 is 0 Å². The van der Waals surface area contributed by atoms with Gasteiger partial charge in [0.25, 0.3) is 0 Å². The molecule has 0 N–H and O–H groups in total. The number of hydrogen-bond acceptors (Lipinski definition) is 3. The highest BCUT2D eigenvalue weighted by Gasteiger charge is 2.37. The van der Waals surface area contributed by atoms with E-state index >= 15 is 0 Å². The summed E-state index contributed by atoms with van der Waals surface area (Å²) in [5, 5.41) is 4.79. The van der Waals surface area contributed by atoms with Crippen molar-refractivity contribution in [2.45, 2.75) is 38.5 Å². The van der Waals surface area contributed by atoms with E-state index in [1.807, 2.05) is 0 Å². The summed E-state index contributed by atoms with van der Waals surface area (Å²) < 4.78 is 4.78. The predicted molar refractivity (Wildman–Crippen MR) is 382 cm³/mol. The van der Waals surface area contributed by atoms with E-state index in [-0.39, 0.29) is 10.8 Å². The van der Waals surface area contributed by atoms with Crippen LogP contribution in [0.1, 0.15) is 49.9 Å². The number of rotatable bonds is 9. The minimum Gasteiger partial charge on any atom is -0.309 e.